The molecule has 0 fully saturated rings. The first kappa shape index (κ1) is 7.98. The molecule has 0 amide bonds. The Labute approximate surface area is 65.0 Å². The van der Waals surface area contributed by atoms with E-state index in [0.717, 1.165) is 0 Å². The molecule has 59 valence electrons. The van der Waals surface area contributed by atoms with Crippen molar-refractivity contribution >= 4 is 12.1 Å². The van der Waals surface area contributed by atoms with Gasteiger partial charge in [0.2, 0.25) is 0 Å². The average Bonchev–Trinajstić information content (AvgIpc) is 1.83. The Bertz CT molecular complexity index is 225. The van der Waals surface area contributed by atoms with E-state index in [2.05, 4.69) is 0 Å². The van der Waals surface area contributed by atoms with Gasteiger partial charge in [-0.2, -0.15) is 0 Å². The molecular weight excluding hydrogens is 144 g/mol. The topological polar surface area (TPSA) is 43.4 Å². The Hall–Kier alpha value is -1.12. The first-order valence-electron chi connectivity index (χ1n) is 3.35. The lowest BCUT2D eigenvalue weighted by Gasteiger charge is -2.27. The summed E-state index contributed by atoms with van der Waals surface area (Å²) in [7, 11) is 0. The number of carbonyl (C=O) groups is 1. The van der Waals surface area contributed by atoms with E-state index in [1.165, 1.54) is 6.08 Å². The van der Waals surface area contributed by atoms with Crippen LogP contribution >= 0.6 is 0 Å². The van der Waals surface area contributed by atoms with Gasteiger partial charge in [0.1, 0.15) is 5.60 Å². The molecule has 3 heteroatoms. The second-order valence-corrected chi connectivity index (χ2v) is 3.12. The second-order valence-electron chi connectivity index (χ2n) is 3.12. The maximum absolute atomic E-state index is 10.9. The maximum atomic E-state index is 10.9. The smallest absolute Gasteiger partial charge is 0.271 e. The summed E-state index contributed by atoms with van der Waals surface area (Å²) in [6, 6.07) is 0. The van der Waals surface area contributed by atoms with Gasteiger partial charge < -0.3 is 4.74 Å². The zero-order chi connectivity index (χ0) is 8.48. The van der Waals surface area contributed by atoms with Crippen LogP contribution < -0.4 is 0 Å². The van der Waals surface area contributed by atoms with Crippen molar-refractivity contribution in [3.05, 3.63) is 11.8 Å². The number of carbonyl (C=O) groups excluding carboxylic acids is 2. The van der Waals surface area contributed by atoms with Crippen molar-refractivity contribution in [3.63, 3.8) is 0 Å². The molecule has 0 saturated carbocycles. The van der Waals surface area contributed by atoms with Gasteiger partial charge in [0.25, 0.3) is 6.29 Å². The predicted octanol–water partition coefficient (Wildman–Crippen LogP) is 0.748. The van der Waals surface area contributed by atoms with E-state index in [1.807, 2.05) is 0 Å². The Balaban J connectivity index is 2.86. The normalized spacial score (nSPS) is 22.0. The summed E-state index contributed by atoms with van der Waals surface area (Å²) in [6.45, 7) is 3.52. The standard InChI is InChI=1S/C8H9O3/c1-8(2)4-6(10)3-7(5-9)11-8/h3H,4H2,1-2H3. The number of rotatable bonds is 1. The number of ether oxygens (including phenoxy) is 1. The van der Waals surface area contributed by atoms with Crippen molar-refractivity contribution in [3.8, 4) is 0 Å². The molecular formula is C8H9O3. The predicted molar refractivity (Wildman–Crippen MR) is 38.6 cm³/mol. The number of hydrogen-bond donors (Lipinski definition) is 0. The molecule has 0 spiro atoms. The molecule has 0 unspecified atom stereocenters. The first-order chi connectivity index (χ1) is 5.03. The van der Waals surface area contributed by atoms with Crippen molar-refractivity contribution in [2.45, 2.75) is 25.9 Å². The summed E-state index contributed by atoms with van der Waals surface area (Å²) in [6.07, 6.45) is 3.05. The Morgan fingerprint density at radius 1 is 1.64 bits per heavy atom. The minimum atomic E-state index is -0.557. The molecule has 1 aliphatic heterocycles. The third kappa shape index (κ3) is 1.90. The van der Waals surface area contributed by atoms with Gasteiger partial charge in [-0.1, -0.05) is 0 Å². The highest BCUT2D eigenvalue weighted by Gasteiger charge is 2.28. The lowest BCUT2D eigenvalue weighted by atomic mass is 9.99. The van der Waals surface area contributed by atoms with Gasteiger partial charge in [-0.15, -0.1) is 0 Å². The van der Waals surface area contributed by atoms with Crippen LogP contribution in [-0.2, 0) is 14.3 Å². The average molecular weight is 153 g/mol. The highest BCUT2D eigenvalue weighted by molar-refractivity contribution is 5.95. The van der Waals surface area contributed by atoms with Gasteiger partial charge >= 0.3 is 0 Å². The first-order valence-corrected chi connectivity index (χ1v) is 3.35. The summed E-state index contributed by atoms with van der Waals surface area (Å²) in [5, 5.41) is 0. The van der Waals surface area contributed by atoms with Gasteiger partial charge in [0, 0.05) is 12.5 Å². The fourth-order valence-electron chi connectivity index (χ4n) is 1.03. The Kier molecular flexibility index (Phi) is 1.81. The highest BCUT2D eigenvalue weighted by atomic mass is 16.5. The molecule has 0 bridgehead atoms. The van der Waals surface area contributed by atoms with Crippen LogP contribution in [0.25, 0.3) is 0 Å². The van der Waals surface area contributed by atoms with Crippen LogP contribution in [0, 0.1) is 0 Å². The maximum Gasteiger partial charge on any atom is 0.271 e. The van der Waals surface area contributed by atoms with Crippen LogP contribution in [0.1, 0.15) is 20.3 Å². The summed E-state index contributed by atoms with van der Waals surface area (Å²) < 4.78 is 5.11. The molecule has 1 heterocycles. The summed E-state index contributed by atoms with van der Waals surface area (Å²) >= 11 is 0. The van der Waals surface area contributed by atoms with E-state index in [-0.39, 0.29) is 11.5 Å². The van der Waals surface area contributed by atoms with E-state index in [4.69, 9.17) is 4.74 Å². The molecule has 0 aliphatic carbocycles. The van der Waals surface area contributed by atoms with Crippen LogP contribution in [0.4, 0.5) is 0 Å². The van der Waals surface area contributed by atoms with Crippen LogP contribution in [0.3, 0.4) is 0 Å². The van der Waals surface area contributed by atoms with Gasteiger partial charge in [-0.3, -0.25) is 9.59 Å². The molecule has 0 aromatic carbocycles. The lowest BCUT2D eigenvalue weighted by molar-refractivity contribution is -0.121. The molecule has 1 radical (unpaired) electrons. The molecule has 1 aliphatic rings. The number of ketones is 1. The molecule has 1 rings (SSSR count). The minimum absolute atomic E-state index is 0.00579. The van der Waals surface area contributed by atoms with Crippen LogP contribution in [0.5, 0.6) is 0 Å². The van der Waals surface area contributed by atoms with Gasteiger partial charge in [-0.25, -0.2) is 0 Å². The molecule has 0 atom stereocenters. The Morgan fingerprint density at radius 2 is 2.27 bits per heavy atom. The third-order valence-electron chi connectivity index (χ3n) is 1.38. The number of hydrogen-bond acceptors (Lipinski definition) is 3. The van der Waals surface area contributed by atoms with Gasteiger partial charge in [0.15, 0.2) is 11.5 Å². The minimum Gasteiger partial charge on any atom is -0.483 e. The van der Waals surface area contributed by atoms with Crippen LogP contribution in [0.2, 0.25) is 0 Å². The second kappa shape index (κ2) is 2.49. The van der Waals surface area contributed by atoms with Crippen LogP contribution in [-0.4, -0.2) is 17.7 Å². The van der Waals surface area contributed by atoms with E-state index in [1.54, 1.807) is 20.1 Å². The highest BCUT2D eigenvalue weighted by Crippen LogP contribution is 2.23. The fraction of sp³-hybridized carbons (Fsp3) is 0.500. The van der Waals surface area contributed by atoms with Crippen molar-refractivity contribution in [1.29, 1.82) is 0 Å². The molecule has 0 saturated heterocycles. The van der Waals surface area contributed by atoms with Crippen molar-refractivity contribution < 1.29 is 14.3 Å². The quantitative estimate of drug-likeness (QED) is 0.558. The largest absolute Gasteiger partial charge is 0.483 e. The van der Waals surface area contributed by atoms with E-state index < -0.39 is 5.60 Å². The Morgan fingerprint density at radius 3 is 2.73 bits per heavy atom. The van der Waals surface area contributed by atoms with Crippen LogP contribution in [0.15, 0.2) is 11.8 Å². The monoisotopic (exact) mass is 153 g/mol. The molecule has 3 nitrogen and oxygen atoms in total. The zero-order valence-electron chi connectivity index (χ0n) is 6.51. The molecule has 11 heavy (non-hydrogen) atoms. The lowest BCUT2D eigenvalue weighted by Crippen LogP contribution is -2.31. The van der Waals surface area contributed by atoms with E-state index in [0.29, 0.717) is 6.42 Å². The molecule has 0 aromatic rings. The summed E-state index contributed by atoms with van der Waals surface area (Å²) in [4.78, 5) is 21.0. The van der Waals surface area contributed by atoms with Gasteiger partial charge in [-0.05, 0) is 13.8 Å². The molecule has 0 N–H and O–H groups in total. The number of allylic oxidation sites excluding steroid dienone is 2. The zero-order valence-corrected chi connectivity index (χ0v) is 6.51. The van der Waals surface area contributed by atoms with Gasteiger partial charge in [0.05, 0.1) is 0 Å². The summed E-state index contributed by atoms with van der Waals surface area (Å²) in [5.41, 5.74) is -0.557. The van der Waals surface area contributed by atoms with Crippen molar-refractivity contribution in [2.75, 3.05) is 0 Å². The van der Waals surface area contributed by atoms with E-state index >= 15 is 0 Å². The molecule has 0 aromatic heterocycles. The summed E-state index contributed by atoms with van der Waals surface area (Å²) in [5.74, 6) is -0.0779. The van der Waals surface area contributed by atoms with E-state index in [9.17, 15) is 9.59 Å². The van der Waals surface area contributed by atoms with Crippen molar-refractivity contribution in [2.24, 2.45) is 0 Å². The van der Waals surface area contributed by atoms with Crippen molar-refractivity contribution in [1.82, 2.24) is 0 Å². The third-order valence-corrected chi connectivity index (χ3v) is 1.38. The fourth-order valence-corrected chi connectivity index (χ4v) is 1.03. The SMILES string of the molecule is CC1(C)CC(=O)C=C([C]=O)O1.